The molecular formula is C18H29N5O5. The molecule has 0 bridgehead atoms. The Hall–Kier alpha value is -1.59. The molecule has 0 aliphatic carbocycles. The van der Waals surface area contributed by atoms with Crippen LogP contribution in [0.2, 0.25) is 0 Å². The first-order chi connectivity index (χ1) is 13.7. The third-order valence-electron chi connectivity index (χ3n) is 5.64. The summed E-state index contributed by atoms with van der Waals surface area (Å²) in [5.41, 5.74) is 0.892. The normalized spacial score (nSPS) is 29.8. The van der Waals surface area contributed by atoms with Crippen molar-refractivity contribution < 1.29 is 24.1 Å². The van der Waals surface area contributed by atoms with E-state index in [2.05, 4.69) is 20.5 Å². The van der Waals surface area contributed by atoms with Gasteiger partial charge < -0.3 is 24.6 Å². The minimum atomic E-state index is -0.717. The van der Waals surface area contributed by atoms with Crippen molar-refractivity contribution in [1.29, 1.82) is 0 Å². The Morgan fingerprint density at radius 3 is 2.75 bits per heavy atom. The molecule has 156 valence electrons. The summed E-state index contributed by atoms with van der Waals surface area (Å²) in [6.45, 7) is 5.88. The van der Waals surface area contributed by atoms with Crippen molar-refractivity contribution in [3.63, 3.8) is 0 Å². The standard InChI is InChI=1S/C18H29N5O5/c24-15-12-28-16(17(15)19-18(25)13-1-5-26-6-2-13)11-23-10-14(20-21-23)9-22-3-7-27-8-4-22/h10,13,15-17,24H,1-9,11-12H2,(H,19,25)/t15-,16+,17+/m0/s1. The maximum Gasteiger partial charge on any atom is 0.223 e. The average molecular weight is 395 g/mol. The molecule has 2 N–H and O–H groups in total. The van der Waals surface area contributed by atoms with Gasteiger partial charge in [-0.2, -0.15) is 0 Å². The minimum absolute atomic E-state index is 0.0329. The van der Waals surface area contributed by atoms with Crippen LogP contribution in [0.4, 0.5) is 0 Å². The molecule has 0 saturated carbocycles. The molecule has 0 spiro atoms. The van der Waals surface area contributed by atoms with Crippen molar-refractivity contribution in [2.75, 3.05) is 46.1 Å². The number of hydrogen-bond acceptors (Lipinski definition) is 8. The number of aromatic nitrogens is 3. The molecular weight excluding hydrogens is 366 g/mol. The molecule has 0 unspecified atom stereocenters. The number of carbonyl (C=O) groups excluding carboxylic acids is 1. The number of morpholine rings is 1. The van der Waals surface area contributed by atoms with E-state index in [1.807, 2.05) is 6.20 Å². The second kappa shape index (κ2) is 9.27. The lowest BCUT2D eigenvalue weighted by molar-refractivity contribution is -0.129. The summed E-state index contributed by atoms with van der Waals surface area (Å²) in [4.78, 5) is 14.8. The van der Waals surface area contributed by atoms with Crippen LogP contribution in [0.25, 0.3) is 0 Å². The van der Waals surface area contributed by atoms with E-state index in [0.29, 0.717) is 32.6 Å². The molecule has 4 heterocycles. The molecule has 10 nitrogen and oxygen atoms in total. The van der Waals surface area contributed by atoms with Crippen LogP contribution in [0.3, 0.4) is 0 Å². The lowest BCUT2D eigenvalue weighted by Crippen LogP contribution is -2.50. The first-order valence-electron chi connectivity index (χ1n) is 10.1. The van der Waals surface area contributed by atoms with Crippen molar-refractivity contribution in [2.24, 2.45) is 5.92 Å². The molecule has 1 aromatic rings. The zero-order valence-electron chi connectivity index (χ0n) is 16.0. The summed E-state index contributed by atoms with van der Waals surface area (Å²) in [5, 5.41) is 21.7. The molecule has 1 amide bonds. The number of nitrogens with zero attached hydrogens (tertiary/aromatic N) is 4. The Balaban J connectivity index is 1.32. The van der Waals surface area contributed by atoms with Crippen LogP contribution in [-0.2, 0) is 32.1 Å². The highest BCUT2D eigenvalue weighted by molar-refractivity contribution is 5.79. The van der Waals surface area contributed by atoms with Crippen LogP contribution in [0.1, 0.15) is 18.5 Å². The second-order valence-electron chi connectivity index (χ2n) is 7.68. The van der Waals surface area contributed by atoms with Crippen molar-refractivity contribution in [1.82, 2.24) is 25.2 Å². The third-order valence-corrected chi connectivity index (χ3v) is 5.64. The van der Waals surface area contributed by atoms with Crippen molar-refractivity contribution >= 4 is 5.91 Å². The number of hydrogen-bond donors (Lipinski definition) is 2. The Labute approximate surface area is 164 Å². The Morgan fingerprint density at radius 1 is 1.21 bits per heavy atom. The molecule has 4 rings (SSSR count). The van der Waals surface area contributed by atoms with Gasteiger partial charge in [0.15, 0.2) is 0 Å². The van der Waals surface area contributed by atoms with E-state index in [4.69, 9.17) is 14.2 Å². The summed E-state index contributed by atoms with van der Waals surface area (Å²) in [6, 6.07) is -0.442. The van der Waals surface area contributed by atoms with Gasteiger partial charge in [-0.1, -0.05) is 5.21 Å². The summed E-state index contributed by atoms with van der Waals surface area (Å²) in [5.74, 6) is -0.0943. The molecule has 0 aromatic carbocycles. The van der Waals surface area contributed by atoms with Gasteiger partial charge in [0.1, 0.15) is 6.10 Å². The van der Waals surface area contributed by atoms with E-state index < -0.39 is 12.1 Å². The van der Waals surface area contributed by atoms with Gasteiger partial charge in [0.2, 0.25) is 5.91 Å². The number of carbonyl (C=O) groups is 1. The SMILES string of the molecule is O=C(N[C@@H]1[C@@H](O)CO[C@@H]1Cn1cc(CN2CCOCC2)nn1)C1CCOCC1. The fourth-order valence-corrected chi connectivity index (χ4v) is 3.95. The van der Waals surface area contributed by atoms with Gasteiger partial charge in [-0.25, -0.2) is 4.68 Å². The average Bonchev–Trinajstić information content (AvgIpc) is 3.31. The first kappa shape index (κ1) is 19.7. The largest absolute Gasteiger partial charge is 0.388 e. The highest BCUT2D eigenvalue weighted by atomic mass is 16.5. The summed E-state index contributed by atoms with van der Waals surface area (Å²) >= 11 is 0. The van der Waals surface area contributed by atoms with Crippen molar-refractivity contribution in [3.8, 4) is 0 Å². The lowest BCUT2D eigenvalue weighted by Gasteiger charge is -2.26. The van der Waals surface area contributed by atoms with Gasteiger partial charge in [0.05, 0.1) is 44.2 Å². The van der Waals surface area contributed by atoms with Crippen LogP contribution in [0.5, 0.6) is 0 Å². The molecule has 3 aliphatic heterocycles. The number of amides is 1. The van der Waals surface area contributed by atoms with Gasteiger partial charge >= 0.3 is 0 Å². The van der Waals surface area contributed by atoms with E-state index in [9.17, 15) is 9.90 Å². The smallest absolute Gasteiger partial charge is 0.223 e. The summed E-state index contributed by atoms with van der Waals surface area (Å²) < 4.78 is 18.1. The highest BCUT2D eigenvalue weighted by Crippen LogP contribution is 2.20. The second-order valence-corrected chi connectivity index (χ2v) is 7.68. The first-order valence-corrected chi connectivity index (χ1v) is 10.1. The zero-order chi connectivity index (χ0) is 19.3. The fourth-order valence-electron chi connectivity index (χ4n) is 3.95. The van der Waals surface area contributed by atoms with Crippen molar-refractivity contribution in [3.05, 3.63) is 11.9 Å². The minimum Gasteiger partial charge on any atom is -0.388 e. The number of ether oxygens (including phenoxy) is 3. The zero-order valence-corrected chi connectivity index (χ0v) is 16.0. The van der Waals surface area contributed by atoms with Crippen LogP contribution < -0.4 is 5.32 Å². The molecule has 3 fully saturated rings. The van der Waals surface area contributed by atoms with E-state index in [-0.39, 0.29) is 24.5 Å². The van der Waals surface area contributed by atoms with Crippen LogP contribution in [0, 0.1) is 5.92 Å². The third kappa shape index (κ3) is 4.87. The Kier molecular flexibility index (Phi) is 6.53. The maximum absolute atomic E-state index is 12.5. The maximum atomic E-state index is 12.5. The van der Waals surface area contributed by atoms with E-state index in [1.54, 1.807) is 4.68 Å². The fraction of sp³-hybridized carbons (Fsp3) is 0.833. The lowest BCUT2D eigenvalue weighted by atomic mass is 9.98. The summed E-state index contributed by atoms with van der Waals surface area (Å²) in [6.07, 6.45) is 2.28. The van der Waals surface area contributed by atoms with Gasteiger partial charge in [-0.3, -0.25) is 9.69 Å². The van der Waals surface area contributed by atoms with Crippen LogP contribution >= 0.6 is 0 Å². The molecule has 1 aromatic heterocycles. The number of rotatable bonds is 6. The van der Waals surface area contributed by atoms with Crippen molar-refractivity contribution in [2.45, 2.75) is 44.2 Å². The Bertz CT molecular complexity index is 644. The van der Waals surface area contributed by atoms with Gasteiger partial charge in [-0.05, 0) is 12.8 Å². The molecule has 3 atom stereocenters. The van der Waals surface area contributed by atoms with Gasteiger partial charge in [0.25, 0.3) is 0 Å². The number of aliphatic hydroxyl groups excluding tert-OH is 1. The molecule has 0 radical (unpaired) electrons. The highest BCUT2D eigenvalue weighted by Gasteiger charge is 2.39. The predicted molar refractivity (Wildman–Crippen MR) is 97.3 cm³/mol. The molecule has 28 heavy (non-hydrogen) atoms. The quantitative estimate of drug-likeness (QED) is 0.617. The predicted octanol–water partition coefficient (Wildman–Crippen LogP) is -1.22. The number of nitrogens with one attached hydrogen (secondary N) is 1. The van der Waals surface area contributed by atoms with E-state index in [1.165, 1.54) is 0 Å². The van der Waals surface area contributed by atoms with Gasteiger partial charge in [0, 0.05) is 45.0 Å². The molecule has 10 heteroatoms. The van der Waals surface area contributed by atoms with Crippen LogP contribution in [0.15, 0.2) is 6.20 Å². The van der Waals surface area contributed by atoms with E-state index >= 15 is 0 Å². The van der Waals surface area contributed by atoms with Gasteiger partial charge in [-0.15, -0.1) is 5.10 Å². The molecule has 3 aliphatic rings. The topological polar surface area (TPSA) is 111 Å². The summed E-state index contributed by atoms with van der Waals surface area (Å²) in [7, 11) is 0. The van der Waals surface area contributed by atoms with Crippen LogP contribution in [-0.4, -0.2) is 95.3 Å². The Morgan fingerprint density at radius 2 is 1.96 bits per heavy atom. The van der Waals surface area contributed by atoms with E-state index in [0.717, 1.165) is 38.5 Å². The molecule has 3 saturated heterocycles. The number of aliphatic hydroxyl groups is 1. The monoisotopic (exact) mass is 395 g/mol.